The van der Waals surface area contributed by atoms with Crippen molar-refractivity contribution in [3.05, 3.63) is 23.8 Å². The Morgan fingerprint density at radius 1 is 1.47 bits per heavy atom. The second-order valence-corrected chi connectivity index (χ2v) is 4.53. The van der Waals surface area contributed by atoms with Crippen LogP contribution in [0.5, 0.6) is 5.75 Å². The highest BCUT2D eigenvalue weighted by molar-refractivity contribution is 5.50. The zero-order chi connectivity index (χ0) is 12.1. The van der Waals surface area contributed by atoms with Crippen molar-refractivity contribution in [1.82, 2.24) is 0 Å². The largest absolute Gasteiger partial charge is 0.496 e. The summed E-state index contributed by atoms with van der Waals surface area (Å²) in [5, 5.41) is 3.43. The molecule has 1 aliphatic rings. The van der Waals surface area contributed by atoms with E-state index in [9.17, 15) is 0 Å². The van der Waals surface area contributed by atoms with Crippen molar-refractivity contribution in [1.29, 1.82) is 0 Å². The maximum Gasteiger partial charge on any atom is 0.121 e. The first-order chi connectivity index (χ1) is 8.29. The molecular formula is C14H21NO2. The average molecular weight is 235 g/mol. The van der Waals surface area contributed by atoms with Crippen molar-refractivity contribution in [3.63, 3.8) is 0 Å². The van der Waals surface area contributed by atoms with Gasteiger partial charge in [-0.25, -0.2) is 0 Å². The number of hydrogen-bond donors (Lipinski definition) is 1. The SMILES string of the molecule is COc1ccc(NCCC2CCCO2)cc1C. The lowest BCUT2D eigenvalue weighted by Gasteiger charge is -2.12. The van der Waals surface area contributed by atoms with Crippen LogP contribution in [0, 0.1) is 6.92 Å². The zero-order valence-corrected chi connectivity index (χ0v) is 10.7. The highest BCUT2D eigenvalue weighted by Crippen LogP contribution is 2.22. The molecule has 1 aliphatic heterocycles. The van der Waals surface area contributed by atoms with Crippen LogP contribution in [-0.4, -0.2) is 26.4 Å². The molecule has 2 rings (SSSR count). The molecule has 3 nitrogen and oxygen atoms in total. The molecule has 1 heterocycles. The van der Waals surface area contributed by atoms with Gasteiger partial charge in [0.05, 0.1) is 13.2 Å². The minimum absolute atomic E-state index is 0.460. The molecule has 94 valence electrons. The molecule has 0 aromatic heterocycles. The molecule has 1 saturated heterocycles. The Balaban J connectivity index is 1.80. The molecule has 0 amide bonds. The number of aryl methyl sites for hydroxylation is 1. The first kappa shape index (κ1) is 12.2. The van der Waals surface area contributed by atoms with E-state index >= 15 is 0 Å². The van der Waals surface area contributed by atoms with Gasteiger partial charge in [0.2, 0.25) is 0 Å². The predicted octanol–water partition coefficient (Wildman–Crippen LogP) is 2.98. The Morgan fingerprint density at radius 2 is 2.35 bits per heavy atom. The van der Waals surface area contributed by atoms with Crippen LogP contribution in [0.4, 0.5) is 5.69 Å². The van der Waals surface area contributed by atoms with Gasteiger partial charge in [-0.1, -0.05) is 0 Å². The maximum absolute atomic E-state index is 5.59. The summed E-state index contributed by atoms with van der Waals surface area (Å²) in [7, 11) is 1.70. The quantitative estimate of drug-likeness (QED) is 0.851. The Bertz CT molecular complexity index is 359. The highest BCUT2D eigenvalue weighted by atomic mass is 16.5. The van der Waals surface area contributed by atoms with E-state index in [0.717, 1.165) is 36.6 Å². The molecule has 0 radical (unpaired) electrons. The number of rotatable bonds is 5. The van der Waals surface area contributed by atoms with E-state index < -0.39 is 0 Å². The second-order valence-electron chi connectivity index (χ2n) is 4.53. The summed E-state index contributed by atoms with van der Waals surface area (Å²) in [6, 6.07) is 6.18. The number of nitrogens with one attached hydrogen (secondary N) is 1. The van der Waals surface area contributed by atoms with Gasteiger partial charge in [0.1, 0.15) is 5.75 Å². The fraction of sp³-hybridized carbons (Fsp3) is 0.571. The van der Waals surface area contributed by atoms with Crippen LogP contribution in [0.15, 0.2) is 18.2 Å². The third-order valence-electron chi connectivity index (χ3n) is 3.21. The van der Waals surface area contributed by atoms with Gasteiger partial charge >= 0.3 is 0 Å². The standard InChI is InChI=1S/C14H21NO2/c1-11-10-12(5-6-14(11)16-2)15-8-7-13-4-3-9-17-13/h5-6,10,13,15H,3-4,7-9H2,1-2H3. The molecular weight excluding hydrogens is 214 g/mol. The van der Waals surface area contributed by atoms with Gasteiger partial charge in [0, 0.05) is 18.8 Å². The fourth-order valence-corrected chi connectivity index (χ4v) is 2.24. The Labute approximate surface area is 103 Å². The molecule has 17 heavy (non-hydrogen) atoms. The van der Waals surface area contributed by atoms with Crippen LogP contribution in [0.1, 0.15) is 24.8 Å². The van der Waals surface area contributed by atoms with Gasteiger partial charge in [-0.15, -0.1) is 0 Å². The third-order valence-corrected chi connectivity index (χ3v) is 3.21. The minimum atomic E-state index is 0.460. The number of hydrogen-bond acceptors (Lipinski definition) is 3. The van der Waals surface area contributed by atoms with Gasteiger partial charge in [-0.2, -0.15) is 0 Å². The van der Waals surface area contributed by atoms with E-state index in [0.29, 0.717) is 6.10 Å². The van der Waals surface area contributed by atoms with Crippen LogP contribution in [0.25, 0.3) is 0 Å². The van der Waals surface area contributed by atoms with Gasteiger partial charge in [0.25, 0.3) is 0 Å². The van der Waals surface area contributed by atoms with Gasteiger partial charge in [-0.3, -0.25) is 0 Å². The van der Waals surface area contributed by atoms with Gasteiger partial charge in [0.15, 0.2) is 0 Å². The van der Waals surface area contributed by atoms with Crippen molar-refractivity contribution in [3.8, 4) is 5.75 Å². The third kappa shape index (κ3) is 3.37. The summed E-state index contributed by atoms with van der Waals surface area (Å²) in [6.45, 7) is 3.97. The van der Waals surface area contributed by atoms with Crippen molar-refractivity contribution in [2.24, 2.45) is 0 Å². The first-order valence-corrected chi connectivity index (χ1v) is 6.29. The fourth-order valence-electron chi connectivity index (χ4n) is 2.24. The molecule has 1 atom stereocenters. The van der Waals surface area contributed by atoms with Crippen LogP contribution >= 0.6 is 0 Å². The lowest BCUT2D eigenvalue weighted by atomic mass is 10.1. The summed E-state index contributed by atoms with van der Waals surface area (Å²) in [6.07, 6.45) is 3.97. The van der Waals surface area contributed by atoms with E-state index in [-0.39, 0.29) is 0 Å². The monoisotopic (exact) mass is 235 g/mol. The van der Waals surface area contributed by atoms with Gasteiger partial charge < -0.3 is 14.8 Å². The van der Waals surface area contributed by atoms with Crippen LogP contribution in [0.2, 0.25) is 0 Å². The van der Waals surface area contributed by atoms with Crippen molar-refractivity contribution >= 4 is 5.69 Å². The smallest absolute Gasteiger partial charge is 0.121 e. The molecule has 1 aromatic rings. The molecule has 1 unspecified atom stereocenters. The summed E-state index contributed by atoms with van der Waals surface area (Å²) in [5.41, 5.74) is 2.32. The van der Waals surface area contributed by atoms with Crippen molar-refractivity contribution in [2.75, 3.05) is 25.6 Å². The molecule has 0 aliphatic carbocycles. The molecule has 0 saturated carbocycles. The van der Waals surface area contributed by atoms with E-state index in [2.05, 4.69) is 24.4 Å². The minimum Gasteiger partial charge on any atom is -0.496 e. The van der Waals surface area contributed by atoms with Crippen LogP contribution in [0.3, 0.4) is 0 Å². The molecule has 1 N–H and O–H groups in total. The van der Waals surface area contributed by atoms with Crippen molar-refractivity contribution in [2.45, 2.75) is 32.3 Å². The summed E-state index contributed by atoms with van der Waals surface area (Å²) >= 11 is 0. The Kier molecular flexibility index (Phi) is 4.26. The summed E-state index contributed by atoms with van der Waals surface area (Å²) in [4.78, 5) is 0. The lowest BCUT2D eigenvalue weighted by molar-refractivity contribution is 0.107. The summed E-state index contributed by atoms with van der Waals surface area (Å²) in [5.74, 6) is 0.940. The van der Waals surface area contributed by atoms with E-state index in [1.54, 1.807) is 7.11 Å². The van der Waals surface area contributed by atoms with Gasteiger partial charge in [-0.05, 0) is 49.9 Å². The Hall–Kier alpha value is -1.22. The molecule has 1 aromatic carbocycles. The average Bonchev–Trinajstić information content (AvgIpc) is 2.82. The highest BCUT2D eigenvalue weighted by Gasteiger charge is 2.14. The first-order valence-electron chi connectivity index (χ1n) is 6.29. The maximum atomic E-state index is 5.59. The number of ether oxygens (including phenoxy) is 2. The van der Waals surface area contributed by atoms with E-state index in [1.807, 2.05) is 6.07 Å². The van der Waals surface area contributed by atoms with Crippen molar-refractivity contribution < 1.29 is 9.47 Å². The molecule has 3 heteroatoms. The van der Waals surface area contributed by atoms with E-state index in [1.165, 1.54) is 12.8 Å². The van der Waals surface area contributed by atoms with Crippen LogP contribution in [-0.2, 0) is 4.74 Å². The molecule has 0 spiro atoms. The normalized spacial score (nSPS) is 19.3. The lowest BCUT2D eigenvalue weighted by Crippen LogP contribution is -2.12. The zero-order valence-electron chi connectivity index (χ0n) is 10.7. The summed E-state index contributed by atoms with van der Waals surface area (Å²) < 4.78 is 10.8. The number of benzene rings is 1. The predicted molar refractivity (Wildman–Crippen MR) is 69.8 cm³/mol. The Morgan fingerprint density at radius 3 is 3.00 bits per heavy atom. The van der Waals surface area contributed by atoms with E-state index in [4.69, 9.17) is 9.47 Å². The topological polar surface area (TPSA) is 30.5 Å². The molecule has 1 fully saturated rings. The molecule has 0 bridgehead atoms. The number of methoxy groups -OCH3 is 1. The van der Waals surface area contributed by atoms with Crippen LogP contribution < -0.4 is 10.1 Å². The number of anilines is 1. The second kappa shape index (κ2) is 5.92.